The van der Waals surface area contributed by atoms with Gasteiger partial charge in [-0.15, -0.1) is 0 Å². The van der Waals surface area contributed by atoms with E-state index in [-0.39, 0.29) is 0 Å². The first-order valence-corrected chi connectivity index (χ1v) is 9.21. The second-order valence-electron chi connectivity index (χ2n) is 7.97. The van der Waals surface area contributed by atoms with Crippen molar-refractivity contribution in [2.75, 3.05) is 13.1 Å². The van der Waals surface area contributed by atoms with Crippen LogP contribution in [0.2, 0.25) is 0 Å². The van der Waals surface area contributed by atoms with Gasteiger partial charge in [0, 0.05) is 48.7 Å². The van der Waals surface area contributed by atoms with Gasteiger partial charge in [-0.05, 0) is 54.9 Å². The Morgan fingerprint density at radius 3 is 2.96 bits per heavy atom. The van der Waals surface area contributed by atoms with Gasteiger partial charge in [-0.2, -0.15) is 0 Å². The fourth-order valence-electron chi connectivity index (χ4n) is 6.09. The van der Waals surface area contributed by atoms with E-state index in [0.717, 1.165) is 24.3 Å². The van der Waals surface area contributed by atoms with Gasteiger partial charge in [0.1, 0.15) is 5.75 Å². The van der Waals surface area contributed by atoms with Crippen LogP contribution < -0.4 is 0 Å². The number of fused-ring (bicyclic) bond motifs is 4. The molecule has 2 aromatic rings. The summed E-state index contributed by atoms with van der Waals surface area (Å²) in [7, 11) is 2.23. The van der Waals surface area contributed by atoms with Crippen molar-refractivity contribution in [2.45, 2.75) is 44.6 Å². The molecule has 3 heteroatoms. The largest absolute Gasteiger partial charge is 0.508 e. The summed E-state index contributed by atoms with van der Waals surface area (Å²) < 4.78 is 2.44. The Hall–Kier alpha value is -1.48. The van der Waals surface area contributed by atoms with Crippen LogP contribution in [-0.4, -0.2) is 33.7 Å². The van der Waals surface area contributed by atoms with Crippen molar-refractivity contribution < 1.29 is 5.11 Å². The first kappa shape index (κ1) is 13.9. The number of benzene rings is 1. The van der Waals surface area contributed by atoms with Crippen LogP contribution in [0.5, 0.6) is 5.75 Å². The molecule has 6 rings (SSSR count). The average Bonchev–Trinajstić information content (AvgIpc) is 2.76. The van der Waals surface area contributed by atoms with Crippen molar-refractivity contribution in [3.8, 4) is 5.75 Å². The predicted molar refractivity (Wildman–Crippen MR) is 92.9 cm³/mol. The number of rotatable bonds is 1. The Kier molecular flexibility index (Phi) is 2.88. The molecule has 4 bridgehead atoms. The molecule has 3 unspecified atom stereocenters. The standard InChI is InChI=1S/C20H26N2O/c1-3-13-8-12-9-17-19(13)22(11-12)7-6-15-16-10-14(23)4-5-18(16)21(2)20(15)17/h4-5,10,12-13,17,19,23H,3,6-9,11H2,1-2H3/t12-,13?,17+,19?/m0/s1. The van der Waals surface area contributed by atoms with Crippen molar-refractivity contribution in [1.29, 1.82) is 0 Å². The minimum Gasteiger partial charge on any atom is -0.508 e. The summed E-state index contributed by atoms with van der Waals surface area (Å²) in [6, 6.07) is 6.64. The number of hydrogen-bond acceptors (Lipinski definition) is 2. The maximum absolute atomic E-state index is 9.96. The van der Waals surface area contributed by atoms with Crippen LogP contribution >= 0.6 is 0 Å². The molecule has 3 fully saturated rings. The number of phenols is 1. The van der Waals surface area contributed by atoms with Gasteiger partial charge in [0.2, 0.25) is 0 Å². The van der Waals surface area contributed by atoms with Crippen molar-refractivity contribution in [1.82, 2.24) is 9.47 Å². The lowest BCUT2D eigenvalue weighted by Gasteiger charge is -2.53. The highest BCUT2D eigenvalue weighted by molar-refractivity contribution is 5.87. The third kappa shape index (κ3) is 1.80. The molecule has 2 saturated heterocycles. The molecule has 1 aliphatic carbocycles. The Morgan fingerprint density at radius 1 is 1.26 bits per heavy atom. The molecule has 1 N–H and O–H groups in total. The summed E-state index contributed by atoms with van der Waals surface area (Å²) in [6.07, 6.45) is 5.25. The Balaban J connectivity index is 1.74. The average molecular weight is 310 g/mol. The van der Waals surface area contributed by atoms with Crippen LogP contribution in [0.4, 0.5) is 0 Å². The fraction of sp³-hybridized carbons (Fsp3) is 0.600. The fourth-order valence-corrected chi connectivity index (χ4v) is 6.09. The quantitative estimate of drug-likeness (QED) is 0.871. The summed E-state index contributed by atoms with van der Waals surface area (Å²) in [5.74, 6) is 2.83. The lowest BCUT2D eigenvalue weighted by atomic mass is 9.65. The number of nitrogens with zero attached hydrogens (tertiary/aromatic N) is 2. The highest BCUT2D eigenvalue weighted by Crippen LogP contribution is 2.51. The smallest absolute Gasteiger partial charge is 0.116 e. The molecule has 0 spiro atoms. The highest BCUT2D eigenvalue weighted by Gasteiger charge is 2.49. The number of hydrogen-bond donors (Lipinski definition) is 1. The number of phenolic OH excluding ortho intramolecular Hbond substituents is 1. The van der Waals surface area contributed by atoms with Crippen molar-refractivity contribution in [3.63, 3.8) is 0 Å². The molecule has 0 amide bonds. The van der Waals surface area contributed by atoms with Crippen LogP contribution in [0.3, 0.4) is 0 Å². The molecule has 4 heterocycles. The second-order valence-corrected chi connectivity index (χ2v) is 7.97. The molecular weight excluding hydrogens is 284 g/mol. The van der Waals surface area contributed by atoms with E-state index in [1.54, 1.807) is 5.69 Å². The van der Waals surface area contributed by atoms with Crippen LogP contribution in [0, 0.1) is 11.8 Å². The van der Waals surface area contributed by atoms with Gasteiger partial charge in [-0.1, -0.05) is 13.3 Å². The topological polar surface area (TPSA) is 28.4 Å². The maximum Gasteiger partial charge on any atom is 0.116 e. The van der Waals surface area contributed by atoms with Crippen LogP contribution in [0.25, 0.3) is 10.9 Å². The SMILES string of the molecule is CCC1C[C@H]2C[C@H]3c4c(c5cc(O)ccc5n4C)CCN(C2)C13. The van der Waals surface area contributed by atoms with Crippen LogP contribution in [0.1, 0.15) is 43.4 Å². The summed E-state index contributed by atoms with van der Waals surface area (Å²) in [6.45, 7) is 4.88. The molecule has 3 nitrogen and oxygen atoms in total. The van der Waals surface area contributed by atoms with E-state index in [0.29, 0.717) is 11.7 Å². The number of aromatic nitrogens is 1. The predicted octanol–water partition coefficient (Wildman–Crippen LogP) is 3.64. The Labute approximate surface area is 137 Å². The van der Waals surface area contributed by atoms with Crippen molar-refractivity contribution in [3.05, 3.63) is 29.5 Å². The van der Waals surface area contributed by atoms with Gasteiger partial charge in [0.15, 0.2) is 0 Å². The van der Waals surface area contributed by atoms with E-state index in [1.807, 2.05) is 12.1 Å². The third-order valence-corrected chi connectivity index (χ3v) is 6.89. The lowest BCUT2D eigenvalue weighted by molar-refractivity contribution is -0.0140. The summed E-state index contributed by atoms with van der Waals surface area (Å²) in [5, 5.41) is 11.2. The van der Waals surface area contributed by atoms with Gasteiger partial charge in [0.05, 0.1) is 0 Å². The molecule has 0 radical (unpaired) electrons. The molecule has 5 atom stereocenters. The first-order valence-electron chi connectivity index (χ1n) is 9.21. The summed E-state index contributed by atoms with van der Waals surface area (Å²) >= 11 is 0. The van der Waals surface area contributed by atoms with Gasteiger partial charge in [-0.3, -0.25) is 4.90 Å². The molecule has 1 aromatic heterocycles. The Bertz CT molecular complexity index is 778. The summed E-state index contributed by atoms with van der Waals surface area (Å²) in [4.78, 5) is 2.80. The zero-order valence-electron chi connectivity index (χ0n) is 14.1. The molecule has 1 aromatic carbocycles. The zero-order valence-corrected chi connectivity index (χ0v) is 14.1. The lowest BCUT2D eigenvalue weighted by Crippen LogP contribution is -2.56. The maximum atomic E-state index is 9.96. The normalized spacial score (nSPS) is 35.3. The number of aryl methyl sites for hydroxylation is 1. The van der Waals surface area contributed by atoms with Gasteiger partial charge < -0.3 is 9.67 Å². The molecule has 122 valence electrons. The minimum absolute atomic E-state index is 0.395. The number of aromatic hydroxyl groups is 1. The molecule has 1 saturated carbocycles. The second kappa shape index (κ2) is 4.76. The van der Waals surface area contributed by atoms with Gasteiger partial charge in [-0.25, -0.2) is 0 Å². The van der Waals surface area contributed by atoms with E-state index >= 15 is 0 Å². The van der Waals surface area contributed by atoms with Crippen LogP contribution in [0.15, 0.2) is 18.2 Å². The van der Waals surface area contributed by atoms with E-state index in [1.165, 1.54) is 48.8 Å². The van der Waals surface area contributed by atoms with Gasteiger partial charge >= 0.3 is 0 Å². The van der Waals surface area contributed by atoms with E-state index in [9.17, 15) is 5.11 Å². The van der Waals surface area contributed by atoms with Gasteiger partial charge in [0.25, 0.3) is 0 Å². The Morgan fingerprint density at radius 2 is 2.13 bits per heavy atom. The van der Waals surface area contributed by atoms with E-state index in [2.05, 4.69) is 29.5 Å². The molecular formula is C20H26N2O. The molecule has 23 heavy (non-hydrogen) atoms. The van der Waals surface area contributed by atoms with Crippen LogP contribution in [-0.2, 0) is 13.5 Å². The first-order chi connectivity index (χ1) is 11.2. The molecule has 4 aliphatic rings. The monoisotopic (exact) mass is 310 g/mol. The van der Waals surface area contributed by atoms with E-state index < -0.39 is 0 Å². The minimum atomic E-state index is 0.395. The number of piperidine rings is 2. The third-order valence-electron chi connectivity index (χ3n) is 6.89. The van der Waals surface area contributed by atoms with Crippen molar-refractivity contribution in [2.24, 2.45) is 18.9 Å². The highest BCUT2D eigenvalue weighted by atomic mass is 16.3. The molecule has 3 aliphatic heterocycles. The summed E-state index contributed by atoms with van der Waals surface area (Å²) in [5.41, 5.74) is 4.37. The van der Waals surface area contributed by atoms with Crippen molar-refractivity contribution >= 4 is 10.9 Å². The van der Waals surface area contributed by atoms with E-state index in [4.69, 9.17) is 0 Å². The zero-order chi connectivity index (χ0) is 15.7.